The Morgan fingerprint density at radius 2 is 1.90 bits per heavy atom. The molecule has 0 radical (unpaired) electrons. The van der Waals surface area contributed by atoms with Crippen molar-refractivity contribution in [1.82, 2.24) is 9.13 Å². The van der Waals surface area contributed by atoms with E-state index in [1.807, 2.05) is 0 Å². The summed E-state index contributed by atoms with van der Waals surface area (Å²) >= 11 is 3.17. The van der Waals surface area contributed by atoms with E-state index < -0.39 is 11.5 Å². The molecule has 0 aliphatic rings. The minimum atomic E-state index is -0.412. The third-order valence-electron chi connectivity index (χ3n) is 3.02. The summed E-state index contributed by atoms with van der Waals surface area (Å²) in [7, 11) is 2.98. The second-order valence-corrected chi connectivity index (χ2v) is 5.27. The molecule has 0 spiro atoms. The SMILES string of the molecule is Cn1c(CNc2ccc(Br)cc2F)cc(=O)n(C)c1=O. The fourth-order valence-corrected chi connectivity index (χ4v) is 2.10. The third kappa shape index (κ3) is 2.82. The molecule has 1 heterocycles. The minimum absolute atomic E-state index is 0.181. The molecule has 0 saturated carbocycles. The van der Waals surface area contributed by atoms with Crippen molar-refractivity contribution in [3.8, 4) is 0 Å². The van der Waals surface area contributed by atoms with E-state index in [1.54, 1.807) is 19.2 Å². The van der Waals surface area contributed by atoms with E-state index in [2.05, 4.69) is 21.2 Å². The zero-order valence-electron chi connectivity index (χ0n) is 11.0. The topological polar surface area (TPSA) is 56.0 Å². The largest absolute Gasteiger partial charge is 0.377 e. The molecule has 0 fully saturated rings. The first-order valence-electron chi connectivity index (χ1n) is 5.85. The zero-order chi connectivity index (χ0) is 14.9. The van der Waals surface area contributed by atoms with Gasteiger partial charge < -0.3 is 5.32 Å². The summed E-state index contributed by atoms with van der Waals surface area (Å²) in [5.41, 5.74) is -0.00602. The van der Waals surface area contributed by atoms with E-state index in [-0.39, 0.29) is 12.1 Å². The molecular formula is C13H13BrFN3O2. The highest BCUT2D eigenvalue weighted by atomic mass is 79.9. The first kappa shape index (κ1) is 14.5. The molecule has 2 rings (SSSR count). The van der Waals surface area contributed by atoms with Crippen molar-refractivity contribution in [1.29, 1.82) is 0 Å². The number of aromatic nitrogens is 2. The molecule has 1 aromatic carbocycles. The van der Waals surface area contributed by atoms with Crippen LogP contribution in [0.4, 0.5) is 10.1 Å². The monoisotopic (exact) mass is 341 g/mol. The molecule has 5 nitrogen and oxygen atoms in total. The van der Waals surface area contributed by atoms with Gasteiger partial charge in [0.2, 0.25) is 0 Å². The van der Waals surface area contributed by atoms with Crippen LogP contribution >= 0.6 is 15.9 Å². The maximum Gasteiger partial charge on any atom is 0.330 e. The number of benzene rings is 1. The average Bonchev–Trinajstić information content (AvgIpc) is 2.40. The van der Waals surface area contributed by atoms with Gasteiger partial charge in [0.15, 0.2) is 0 Å². The van der Waals surface area contributed by atoms with Gasteiger partial charge in [-0.3, -0.25) is 13.9 Å². The lowest BCUT2D eigenvalue weighted by Gasteiger charge is -2.12. The summed E-state index contributed by atoms with van der Waals surface area (Å²) in [4.78, 5) is 23.3. The Hall–Kier alpha value is -1.89. The third-order valence-corrected chi connectivity index (χ3v) is 3.51. The molecule has 2 aromatic rings. The Labute approximate surface area is 122 Å². The zero-order valence-corrected chi connectivity index (χ0v) is 12.6. The van der Waals surface area contributed by atoms with Gasteiger partial charge in [-0.1, -0.05) is 15.9 Å². The van der Waals surface area contributed by atoms with Crippen LogP contribution in [0.1, 0.15) is 5.69 Å². The molecule has 106 valence electrons. The second kappa shape index (κ2) is 5.62. The molecule has 0 bridgehead atoms. The summed E-state index contributed by atoms with van der Waals surface area (Å²) in [5, 5.41) is 2.87. The van der Waals surface area contributed by atoms with Crippen molar-refractivity contribution in [2.45, 2.75) is 6.54 Å². The average molecular weight is 342 g/mol. The summed E-state index contributed by atoms with van der Waals surface area (Å²) in [5.74, 6) is -0.409. The number of halogens is 2. The molecule has 0 aliphatic carbocycles. The van der Waals surface area contributed by atoms with Crippen LogP contribution in [-0.4, -0.2) is 9.13 Å². The van der Waals surface area contributed by atoms with Gasteiger partial charge in [-0.15, -0.1) is 0 Å². The minimum Gasteiger partial charge on any atom is -0.377 e. The van der Waals surface area contributed by atoms with Crippen molar-refractivity contribution in [2.24, 2.45) is 14.1 Å². The van der Waals surface area contributed by atoms with Crippen LogP contribution in [0.15, 0.2) is 38.3 Å². The number of rotatable bonds is 3. The second-order valence-electron chi connectivity index (χ2n) is 4.35. The highest BCUT2D eigenvalue weighted by molar-refractivity contribution is 9.10. The highest BCUT2D eigenvalue weighted by Crippen LogP contribution is 2.19. The van der Waals surface area contributed by atoms with Gasteiger partial charge in [-0.2, -0.15) is 0 Å². The molecule has 0 unspecified atom stereocenters. The lowest BCUT2D eigenvalue weighted by molar-refractivity contribution is 0.626. The molecule has 7 heteroatoms. The number of hydrogen-bond acceptors (Lipinski definition) is 3. The van der Waals surface area contributed by atoms with Gasteiger partial charge in [-0.05, 0) is 18.2 Å². The van der Waals surface area contributed by atoms with E-state index >= 15 is 0 Å². The quantitative estimate of drug-likeness (QED) is 0.922. The Morgan fingerprint density at radius 1 is 1.20 bits per heavy atom. The molecule has 0 amide bonds. The fourth-order valence-electron chi connectivity index (χ4n) is 1.77. The summed E-state index contributed by atoms with van der Waals surface area (Å²) in [6.45, 7) is 0.181. The normalized spacial score (nSPS) is 10.6. The molecular weight excluding hydrogens is 329 g/mol. The lowest BCUT2D eigenvalue weighted by Crippen LogP contribution is -2.38. The van der Waals surface area contributed by atoms with Crippen molar-refractivity contribution in [3.63, 3.8) is 0 Å². The van der Waals surface area contributed by atoms with Crippen LogP contribution in [0.25, 0.3) is 0 Å². The number of nitrogens with zero attached hydrogens (tertiary/aromatic N) is 2. The van der Waals surface area contributed by atoms with Gasteiger partial charge in [0.25, 0.3) is 5.56 Å². The molecule has 0 atom stereocenters. The summed E-state index contributed by atoms with van der Waals surface area (Å²) < 4.78 is 16.7. The van der Waals surface area contributed by atoms with Crippen molar-refractivity contribution >= 4 is 21.6 Å². The van der Waals surface area contributed by atoms with Crippen LogP contribution in [0.3, 0.4) is 0 Å². The van der Waals surface area contributed by atoms with Crippen LogP contribution in [-0.2, 0) is 20.6 Å². The first-order valence-corrected chi connectivity index (χ1v) is 6.64. The van der Waals surface area contributed by atoms with Crippen LogP contribution in [0.5, 0.6) is 0 Å². The Morgan fingerprint density at radius 3 is 2.55 bits per heavy atom. The lowest BCUT2D eigenvalue weighted by atomic mass is 10.3. The van der Waals surface area contributed by atoms with Crippen molar-refractivity contribution < 1.29 is 4.39 Å². The van der Waals surface area contributed by atoms with Crippen LogP contribution < -0.4 is 16.6 Å². The predicted molar refractivity (Wildman–Crippen MR) is 78.4 cm³/mol. The summed E-state index contributed by atoms with van der Waals surface area (Å²) in [6, 6.07) is 5.98. The van der Waals surface area contributed by atoms with E-state index in [9.17, 15) is 14.0 Å². The van der Waals surface area contributed by atoms with E-state index in [0.717, 1.165) is 4.57 Å². The van der Waals surface area contributed by atoms with Gasteiger partial charge in [0.1, 0.15) is 5.82 Å². The van der Waals surface area contributed by atoms with Gasteiger partial charge in [0, 0.05) is 30.3 Å². The van der Waals surface area contributed by atoms with Crippen LogP contribution in [0, 0.1) is 5.82 Å². The predicted octanol–water partition coefficient (Wildman–Crippen LogP) is 1.60. The Kier molecular flexibility index (Phi) is 4.08. The number of hydrogen-bond donors (Lipinski definition) is 1. The molecule has 1 aromatic heterocycles. The number of anilines is 1. The van der Waals surface area contributed by atoms with E-state index in [0.29, 0.717) is 15.9 Å². The maximum atomic E-state index is 13.6. The van der Waals surface area contributed by atoms with Gasteiger partial charge in [-0.25, -0.2) is 9.18 Å². The maximum absolute atomic E-state index is 13.6. The van der Waals surface area contributed by atoms with Crippen molar-refractivity contribution in [2.75, 3.05) is 5.32 Å². The standard InChI is InChI=1S/C13H13BrFN3O2/c1-17-9(6-12(19)18(2)13(17)20)7-16-11-4-3-8(14)5-10(11)15/h3-6,16H,7H2,1-2H3. The molecule has 1 N–H and O–H groups in total. The molecule has 0 aliphatic heterocycles. The van der Waals surface area contributed by atoms with Crippen molar-refractivity contribution in [3.05, 3.63) is 61.1 Å². The van der Waals surface area contributed by atoms with E-state index in [4.69, 9.17) is 0 Å². The fraction of sp³-hybridized carbons (Fsp3) is 0.231. The van der Waals surface area contributed by atoms with Gasteiger partial charge >= 0.3 is 5.69 Å². The van der Waals surface area contributed by atoms with Gasteiger partial charge in [0.05, 0.1) is 12.2 Å². The van der Waals surface area contributed by atoms with Crippen LogP contribution in [0.2, 0.25) is 0 Å². The molecule has 0 saturated heterocycles. The highest BCUT2D eigenvalue weighted by Gasteiger charge is 2.07. The smallest absolute Gasteiger partial charge is 0.330 e. The Bertz CT molecular complexity index is 767. The van der Waals surface area contributed by atoms with E-state index in [1.165, 1.54) is 23.7 Å². The Balaban J connectivity index is 2.28. The molecule has 20 heavy (non-hydrogen) atoms. The first-order chi connectivity index (χ1) is 9.40. The summed E-state index contributed by atoms with van der Waals surface area (Å²) in [6.07, 6.45) is 0. The number of nitrogens with one attached hydrogen (secondary N) is 1.